The summed E-state index contributed by atoms with van der Waals surface area (Å²) in [5, 5.41) is 12.2. The van der Waals surface area contributed by atoms with Gasteiger partial charge in [-0.1, -0.05) is 47.5 Å². The third-order valence-electron chi connectivity index (χ3n) is 4.09. The van der Waals surface area contributed by atoms with E-state index in [0.29, 0.717) is 10.8 Å². The summed E-state index contributed by atoms with van der Waals surface area (Å²) in [4.78, 5) is 25.2. The number of hydrogen-bond acceptors (Lipinski definition) is 4. The lowest BCUT2D eigenvalue weighted by atomic mass is 9.94. The van der Waals surface area contributed by atoms with Gasteiger partial charge in [-0.25, -0.2) is 0 Å². The van der Waals surface area contributed by atoms with Crippen LogP contribution in [0.3, 0.4) is 0 Å². The van der Waals surface area contributed by atoms with Gasteiger partial charge in [0, 0.05) is 11.6 Å². The van der Waals surface area contributed by atoms with Crippen LogP contribution >= 0.6 is 23.2 Å². The first-order chi connectivity index (χ1) is 12.0. The Kier molecular flexibility index (Phi) is 5.16. The van der Waals surface area contributed by atoms with E-state index in [1.807, 2.05) is 24.3 Å². The number of benzene rings is 2. The molecular formula is C18H14Cl2NO4-. The zero-order chi connectivity index (χ0) is 18.0. The van der Waals surface area contributed by atoms with Gasteiger partial charge in [0.25, 0.3) is 5.91 Å². The molecule has 0 aromatic heterocycles. The largest absolute Gasteiger partial charge is 0.548 e. The van der Waals surface area contributed by atoms with E-state index in [9.17, 15) is 14.7 Å². The lowest BCUT2D eigenvalue weighted by molar-refractivity contribution is -0.311. The Morgan fingerprint density at radius 1 is 1.16 bits per heavy atom. The summed E-state index contributed by atoms with van der Waals surface area (Å²) in [6.45, 7) is -0.126. The number of nitrogens with zero attached hydrogens (tertiary/aromatic N) is 1. The molecule has 0 unspecified atom stereocenters. The van der Waals surface area contributed by atoms with Gasteiger partial charge >= 0.3 is 0 Å². The van der Waals surface area contributed by atoms with Crippen LogP contribution in [0, 0.1) is 0 Å². The Labute approximate surface area is 154 Å². The molecule has 2 aromatic rings. The van der Waals surface area contributed by atoms with Crippen molar-refractivity contribution in [3.63, 3.8) is 0 Å². The van der Waals surface area contributed by atoms with Gasteiger partial charge in [0.15, 0.2) is 6.61 Å². The van der Waals surface area contributed by atoms with Crippen LogP contribution in [-0.2, 0) is 22.6 Å². The molecule has 1 amide bonds. The summed E-state index contributed by atoms with van der Waals surface area (Å²) in [7, 11) is 0. The van der Waals surface area contributed by atoms with Crippen molar-refractivity contribution in [3.8, 4) is 5.75 Å². The smallest absolute Gasteiger partial charge is 0.261 e. The molecule has 0 fully saturated rings. The van der Waals surface area contributed by atoms with E-state index in [4.69, 9.17) is 27.9 Å². The van der Waals surface area contributed by atoms with Crippen LogP contribution in [-0.4, -0.2) is 29.4 Å². The van der Waals surface area contributed by atoms with Crippen molar-refractivity contribution in [1.82, 2.24) is 4.90 Å². The molecule has 1 aliphatic rings. The van der Waals surface area contributed by atoms with E-state index in [1.54, 1.807) is 12.1 Å². The van der Waals surface area contributed by atoms with E-state index >= 15 is 0 Å². The fourth-order valence-electron chi connectivity index (χ4n) is 2.81. The molecule has 0 saturated heterocycles. The van der Waals surface area contributed by atoms with Gasteiger partial charge in [-0.2, -0.15) is 0 Å². The van der Waals surface area contributed by atoms with Crippen LogP contribution in [0.1, 0.15) is 11.1 Å². The van der Waals surface area contributed by atoms with Gasteiger partial charge in [0.1, 0.15) is 5.75 Å². The molecule has 1 aliphatic heterocycles. The molecule has 0 N–H and O–H groups in total. The SMILES string of the molecule is O=C([O-])[C@@H]1Cc2ccccc2CN1C(=O)COc1ccc(Cl)cc1Cl. The van der Waals surface area contributed by atoms with E-state index in [1.165, 1.54) is 11.0 Å². The molecule has 1 heterocycles. The molecule has 0 saturated carbocycles. The molecule has 7 heteroatoms. The third-order valence-corrected chi connectivity index (χ3v) is 4.62. The highest BCUT2D eigenvalue weighted by Crippen LogP contribution is 2.28. The number of rotatable bonds is 4. The first-order valence-corrected chi connectivity index (χ1v) is 8.36. The fraction of sp³-hybridized carbons (Fsp3) is 0.222. The molecule has 25 heavy (non-hydrogen) atoms. The van der Waals surface area contributed by atoms with Crippen molar-refractivity contribution in [2.24, 2.45) is 0 Å². The van der Waals surface area contributed by atoms with E-state index in [0.717, 1.165) is 11.1 Å². The Morgan fingerprint density at radius 2 is 1.88 bits per heavy atom. The minimum absolute atomic E-state index is 0.200. The summed E-state index contributed by atoms with van der Waals surface area (Å²) in [6, 6.07) is 11.1. The zero-order valence-corrected chi connectivity index (χ0v) is 14.6. The highest BCUT2D eigenvalue weighted by molar-refractivity contribution is 6.35. The summed E-state index contributed by atoms with van der Waals surface area (Å²) >= 11 is 11.8. The Balaban J connectivity index is 1.74. The Hall–Kier alpha value is -2.24. The molecule has 0 spiro atoms. The number of carboxylic acid groups (broad SMARTS) is 1. The number of fused-ring (bicyclic) bond motifs is 1. The number of carbonyl (C=O) groups is 2. The highest BCUT2D eigenvalue weighted by Gasteiger charge is 2.30. The van der Waals surface area contributed by atoms with Gasteiger partial charge in [0.05, 0.1) is 17.0 Å². The number of carboxylic acids is 1. The topological polar surface area (TPSA) is 69.7 Å². The number of ether oxygens (including phenoxy) is 1. The molecule has 0 radical (unpaired) electrons. The molecule has 5 nitrogen and oxygen atoms in total. The van der Waals surface area contributed by atoms with Gasteiger partial charge in [-0.3, -0.25) is 4.79 Å². The Bertz CT molecular complexity index is 824. The normalized spacial score (nSPS) is 16.2. The van der Waals surface area contributed by atoms with Crippen LogP contribution < -0.4 is 9.84 Å². The number of halogens is 2. The number of aliphatic carboxylic acids is 1. The minimum atomic E-state index is -1.28. The van der Waals surface area contributed by atoms with Crippen molar-refractivity contribution in [3.05, 3.63) is 63.6 Å². The maximum absolute atomic E-state index is 12.5. The van der Waals surface area contributed by atoms with Crippen LogP contribution in [0.15, 0.2) is 42.5 Å². The molecule has 0 aliphatic carbocycles. The maximum Gasteiger partial charge on any atom is 0.261 e. The molecule has 3 rings (SSSR count). The van der Waals surface area contributed by atoms with Gasteiger partial charge in [-0.15, -0.1) is 0 Å². The van der Waals surface area contributed by atoms with Crippen molar-refractivity contribution >= 4 is 35.1 Å². The number of hydrogen-bond donors (Lipinski definition) is 0. The first kappa shape index (κ1) is 17.6. The molecule has 0 bridgehead atoms. The van der Waals surface area contributed by atoms with Crippen LogP contribution in [0.25, 0.3) is 0 Å². The van der Waals surface area contributed by atoms with Crippen LogP contribution in [0.5, 0.6) is 5.75 Å². The molecular weight excluding hydrogens is 365 g/mol. The van der Waals surface area contributed by atoms with Gasteiger partial charge < -0.3 is 19.5 Å². The standard InChI is InChI=1S/C18H15Cl2NO4/c19-13-5-6-16(14(20)8-13)25-10-17(22)21-9-12-4-2-1-3-11(12)7-15(21)18(23)24/h1-6,8,15H,7,9-10H2,(H,23,24)/p-1/t15-/m0/s1. The van der Waals surface area contributed by atoms with Crippen molar-refractivity contribution in [2.45, 2.75) is 19.0 Å². The predicted molar refractivity (Wildman–Crippen MR) is 91.4 cm³/mol. The molecule has 1 atom stereocenters. The summed E-state index contributed by atoms with van der Waals surface area (Å²) < 4.78 is 5.43. The highest BCUT2D eigenvalue weighted by atomic mass is 35.5. The second kappa shape index (κ2) is 7.33. The van der Waals surface area contributed by atoms with Gasteiger partial charge in [-0.05, 0) is 35.7 Å². The monoisotopic (exact) mass is 378 g/mol. The summed E-state index contributed by atoms with van der Waals surface area (Å²) in [5.74, 6) is -1.43. The number of carbonyl (C=O) groups excluding carboxylic acids is 2. The van der Waals surface area contributed by atoms with E-state index in [2.05, 4.69) is 0 Å². The lowest BCUT2D eigenvalue weighted by Crippen LogP contribution is -2.54. The van der Waals surface area contributed by atoms with Gasteiger partial charge in [0.2, 0.25) is 0 Å². The molecule has 2 aromatic carbocycles. The summed E-state index contributed by atoms with van der Waals surface area (Å²) in [6.07, 6.45) is 0.214. The van der Waals surface area contributed by atoms with Crippen molar-refractivity contribution in [2.75, 3.05) is 6.61 Å². The van der Waals surface area contributed by atoms with Crippen LogP contribution in [0.2, 0.25) is 10.0 Å². The summed E-state index contributed by atoms with van der Waals surface area (Å²) in [5.41, 5.74) is 1.82. The van der Waals surface area contributed by atoms with Crippen molar-refractivity contribution in [1.29, 1.82) is 0 Å². The zero-order valence-electron chi connectivity index (χ0n) is 13.1. The average Bonchev–Trinajstić information content (AvgIpc) is 2.59. The van der Waals surface area contributed by atoms with E-state index in [-0.39, 0.29) is 24.6 Å². The van der Waals surface area contributed by atoms with E-state index < -0.39 is 17.9 Å². The minimum Gasteiger partial charge on any atom is -0.548 e. The Morgan fingerprint density at radius 3 is 2.56 bits per heavy atom. The van der Waals surface area contributed by atoms with Crippen LogP contribution in [0.4, 0.5) is 0 Å². The fourth-order valence-corrected chi connectivity index (χ4v) is 3.27. The first-order valence-electron chi connectivity index (χ1n) is 7.60. The average molecular weight is 379 g/mol. The predicted octanol–water partition coefficient (Wildman–Crippen LogP) is 2.08. The quantitative estimate of drug-likeness (QED) is 0.816. The second-order valence-corrected chi connectivity index (χ2v) is 6.54. The van der Waals surface area contributed by atoms with Crippen molar-refractivity contribution < 1.29 is 19.4 Å². The lowest BCUT2D eigenvalue weighted by Gasteiger charge is -2.37. The molecule has 130 valence electrons. The maximum atomic E-state index is 12.5. The third kappa shape index (κ3) is 3.89. The second-order valence-electron chi connectivity index (χ2n) is 5.69. The number of amides is 1.